The van der Waals surface area contributed by atoms with Crippen LogP contribution in [-0.4, -0.2) is 5.16 Å². The standard InChI is InChI=1S/C8H17P/c1-5-6-7(2)8(3,4)9/h5-7H,9H2,1-4H3. The molecule has 0 fully saturated rings. The Balaban J connectivity index is 3.88. The van der Waals surface area contributed by atoms with Gasteiger partial charge in [-0.1, -0.05) is 32.9 Å². The highest BCUT2D eigenvalue weighted by molar-refractivity contribution is 7.18. The largest absolute Gasteiger partial charge is 0.131 e. The molecule has 0 saturated heterocycles. The second kappa shape index (κ2) is 3.37. The van der Waals surface area contributed by atoms with E-state index in [4.69, 9.17) is 0 Å². The van der Waals surface area contributed by atoms with Crippen LogP contribution in [0.25, 0.3) is 0 Å². The Bertz CT molecular complexity index is 97.6. The summed E-state index contributed by atoms with van der Waals surface area (Å²) >= 11 is 0. The van der Waals surface area contributed by atoms with E-state index in [1.54, 1.807) is 0 Å². The number of hydrogen-bond acceptors (Lipinski definition) is 0. The summed E-state index contributed by atoms with van der Waals surface area (Å²) in [6.45, 7) is 8.74. The van der Waals surface area contributed by atoms with E-state index in [-0.39, 0.29) is 0 Å². The smallest absolute Gasteiger partial charge is 0.0147 e. The van der Waals surface area contributed by atoms with Crippen LogP contribution in [0.1, 0.15) is 27.7 Å². The molecule has 0 spiro atoms. The molecule has 2 atom stereocenters. The lowest BCUT2D eigenvalue weighted by molar-refractivity contribution is 0.554. The molecule has 2 unspecified atom stereocenters. The van der Waals surface area contributed by atoms with Crippen molar-refractivity contribution < 1.29 is 0 Å². The summed E-state index contributed by atoms with van der Waals surface area (Å²) in [6, 6.07) is 0. The van der Waals surface area contributed by atoms with Crippen molar-refractivity contribution in [1.29, 1.82) is 0 Å². The first kappa shape index (κ1) is 9.17. The van der Waals surface area contributed by atoms with Gasteiger partial charge in [-0.15, -0.1) is 9.24 Å². The third-order valence-electron chi connectivity index (χ3n) is 1.65. The number of rotatable bonds is 2. The van der Waals surface area contributed by atoms with Crippen LogP contribution in [-0.2, 0) is 0 Å². The summed E-state index contributed by atoms with van der Waals surface area (Å²) in [7, 11) is 2.85. The summed E-state index contributed by atoms with van der Waals surface area (Å²) in [5, 5.41) is 0.340. The Labute approximate surface area is 60.9 Å². The molecule has 0 radical (unpaired) electrons. The van der Waals surface area contributed by atoms with E-state index in [1.807, 2.05) is 0 Å². The normalized spacial score (nSPS) is 16.6. The lowest BCUT2D eigenvalue weighted by atomic mass is 9.97. The van der Waals surface area contributed by atoms with Crippen LogP contribution in [0, 0.1) is 5.92 Å². The molecule has 0 bridgehead atoms. The van der Waals surface area contributed by atoms with Gasteiger partial charge in [0.2, 0.25) is 0 Å². The first-order valence-corrected chi connectivity index (χ1v) is 3.98. The monoisotopic (exact) mass is 144 g/mol. The highest BCUT2D eigenvalue weighted by Gasteiger charge is 2.16. The van der Waals surface area contributed by atoms with Crippen molar-refractivity contribution >= 4 is 9.24 Å². The lowest BCUT2D eigenvalue weighted by Gasteiger charge is -2.23. The molecule has 0 aliphatic carbocycles. The predicted octanol–water partition coefficient (Wildman–Crippen LogP) is 2.85. The van der Waals surface area contributed by atoms with Crippen LogP contribution >= 0.6 is 9.24 Å². The third kappa shape index (κ3) is 3.70. The van der Waals surface area contributed by atoms with Gasteiger partial charge >= 0.3 is 0 Å². The maximum Gasteiger partial charge on any atom is -0.0147 e. The molecule has 1 heteroatoms. The molecule has 0 heterocycles. The topological polar surface area (TPSA) is 0 Å². The SMILES string of the molecule is CC=CC(C)C(C)(C)P. The highest BCUT2D eigenvalue weighted by Crippen LogP contribution is 2.27. The van der Waals surface area contributed by atoms with Gasteiger partial charge in [0.1, 0.15) is 0 Å². The van der Waals surface area contributed by atoms with E-state index in [9.17, 15) is 0 Å². The van der Waals surface area contributed by atoms with E-state index < -0.39 is 0 Å². The number of allylic oxidation sites excluding steroid dienone is 2. The van der Waals surface area contributed by atoms with Gasteiger partial charge in [0.05, 0.1) is 0 Å². The van der Waals surface area contributed by atoms with E-state index in [2.05, 4.69) is 49.1 Å². The van der Waals surface area contributed by atoms with Crippen LogP contribution in [0.15, 0.2) is 12.2 Å². The maximum atomic E-state index is 2.85. The minimum absolute atomic E-state index is 0.340. The van der Waals surface area contributed by atoms with Crippen molar-refractivity contribution in [2.45, 2.75) is 32.9 Å². The van der Waals surface area contributed by atoms with Gasteiger partial charge in [0.15, 0.2) is 0 Å². The van der Waals surface area contributed by atoms with Gasteiger partial charge in [0, 0.05) is 0 Å². The zero-order valence-electron chi connectivity index (χ0n) is 6.81. The van der Waals surface area contributed by atoms with Crippen LogP contribution in [0.4, 0.5) is 0 Å². The summed E-state index contributed by atoms with van der Waals surface area (Å²) in [4.78, 5) is 0. The van der Waals surface area contributed by atoms with Crippen molar-refractivity contribution in [1.82, 2.24) is 0 Å². The molecular weight excluding hydrogens is 127 g/mol. The van der Waals surface area contributed by atoms with Gasteiger partial charge in [0.25, 0.3) is 0 Å². The van der Waals surface area contributed by atoms with Crippen molar-refractivity contribution in [3.8, 4) is 0 Å². The van der Waals surface area contributed by atoms with Crippen LogP contribution < -0.4 is 0 Å². The first-order chi connectivity index (χ1) is 3.98. The molecule has 9 heavy (non-hydrogen) atoms. The summed E-state index contributed by atoms with van der Waals surface area (Å²) < 4.78 is 0. The fourth-order valence-electron chi connectivity index (χ4n) is 0.537. The predicted molar refractivity (Wildman–Crippen MR) is 47.8 cm³/mol. The van der Waals surface area contributed by atoms with Crippen LogP contribution in [0.5, 0.6) is 0 Å². The van der Waals surface area contributed by atoms with Gasteiger partial charge in [-0.25, -0.2) is 0 Å². The summed E-state index contributed by atoms with van der Waals surface area (Å²) in [5.41, 5.74) is 0. The zero-order chi connectivity index (χ0) is 7.49. The Morgan fingerprint density at radius 3 is 2.00 bits per heavy atom. The fourth-order valence-corrected chi connectivity index (χ4v) is 0.648. The van der Waals surface area contributed by atoms with E-state index in [1.165, 1.54) is 0 Å². The molecule has 0 amide bonds. The van der Waals surface area contributed by atoms with Crippen molar-refractivity contribution in [2.24, 2.45) is 5.92 Å². The molecular formula is C8H17P. The Hall–Kier alpha value is 0.170. The molecule has 0 rings (SSSR count). The van der Waals surface area contributed by atoms with E-state index in [0.29, 0.717) is 11.1 Å². The van der Waals surface area contributed by atoms with Gasteiger partial charge in [-0.05, 0) is 18.0 Å². The second-order valence-corrected chi connectivity index (χ2v) is 4.62. The average molecular weight is 144 g/mol. The number of hydrogen-bond donors (Lipinski definition) is 0. The molecule has 0 aliphatic heterocycles. The minimum Gasteiger partial charge on any atom is -0.131 e. The Morgan fingerprint density at radius 1 is 1.44 bits per heavy atom. The van der Waals surface area contributed by atoms with Crippen molar-refractivity contribution in [3.63, 3.8) is 0 Å². The molecule has 0 N–H and O–H groups in total. The molecule has 0 aliphatic rings. The van der Waals surface area contributed by atoms with Gasteiger partial charge in [-0.3, -0.25) is 0 Å². The first-order valence-electron chi connectivity index (χ1n) is 3.40. The third-order valence-corrected chi connectivity index (χ3v) is 2.18. The van der Waals surface area contributed by atoms with E-state index in [0.717, 1.165) is 0 Å². The fraction of sp³-hybridized carbons (Fsp3) is 0.750. The summed E-state index contributed by atoms with van der Waals surface area (Å²) in [6.07, 6.45) is 4.34. The average Bonchev–Trinajstić information content (AvgIpc) is 1.64. The van der Waals surface area contributed by atoms with Crippen molar-refractivity contribution in [3.05, 3.63) is 12.2 Å². The van der Waals surface area contributed by atoms with Gasteiger partial charge < -0.3 is 0 Å². The Kier molecular flexibility index (Phi) is 3.43. The van der Waals surface area contributed by atoms with E-state index >= 15 is 0 Å². The highest BCUT2D eigenvalue weighted by atomic mass is 31.0. The zero-order valence-corrected chi connectivity index (χ0v) is 7.96. The lowest BCUT2D eigenvalue weighted by Crippen LogP contribution is -2.18. The maximum absolute atomic E-state index is 2.85. The van der Waals surface area contributed by atoms with Gasteiger partial charge in [-0.2, -0.15) is 0 Å². The molecule has 0 nitrogen and oxygen atoms in total. The molecule has 0 aromatic heterocycles. The molecule has 0 aromatic rings. The quantitative estimate of drug-likeness (QED) is 0.413. The molecule has 0 aromatic carbocycles. The molecule has 54 valence electrons. The molecule has 0 saturated carbocycles. The second-order valence-electron chi connectivity index (χ2n) is 3.14. The van der Waals surface area contributed by atoms with Crippen molar-refractivity contribution in [2.75, 3.05) is 0 Å². The van der Waals surface area contributed by atoms with Crippen LogP contribution in [0.3, 0.4) is 0 Å². The summed E-state index contributed by atoms with van der Waals surface area (Å²) in [5.74, 6) is 0.646. The van der Waals surface area contributed by atoms with Crippen LogP contribution in [0.2, 0.25) is 0 Å². The Morgan fingerprint density at radius 2 is 1.89 bits per heavy atom. The minimum atomic E-state index is 0.340.